The minimum absolute atomic E-state index is 0.287. The molecule has 3 nitrogen and oxygen atoms in total. The number of nitrogens with two attached hydrogens (primary N) is 1. The lowest BCUT2D eigenvalue weighted by molar-refractivity contribution is -0.00448. The zero-order valence-electron chi connectivity index (χ0n) is 13.4. The predicted octanol–water partition coefficient (Wildman–Crippen LogP) is 2.31. The average molecular weight is 267 g/mol. The van der Waals surface area contributed by atoms with Crippen LogP contribution in [0.3, 0.4) is 0 Å². The summed E-state index contributed by atoms with van der Waals surface area (Å²) in [7, 11) is 2.25. The molecular formula is C16H33N3. The Morgan fingerprint density at radius 2 is 1.95 bits per heavy atom. The van der Waals surface area contributed by atoms with E-state index in [4.69, 9.17) is 5.73 Å². The Hall–Kier alpha value is -0.120. The molecule has 112 valence electrons. The first-order valence-corrected chi connectivity index (χ1v) is 8.15. The maximum Gasteiger partial charge on any atom is 0.0277 e. The fourth-order valence-electron chi connectivity index (χ4n) is 3.91. The molecule has 1 saturated carbocycles. The fraction of sp³-hybridized carbons (Fsp3) is 1.00. The van der Waals surface area contributed by atoms with E-state index in [0.717, 1.165) is 5.92 Å². The van der Waals surface area contributed by atoms with Crippen LogP contribution >= 0.6 is 0 Å². The summed E-state index contributed by atoms with van der Waals surface area (Å²) in [5.41, 5.74) is 6.72. The van der Waals surface area contributed by atoms with E-state index in [2.05, 4.69) is 37.6 Å². The number of hydrogen-bond acceptors (Lipinski definition) is 3. The summed E-state index contributed by atoms with van der Waals surface area (Å²) < 4.78 is 0. The van der Waals surface area contributed by atoms with Crippen LogP contribution in [0.4, 0.5) is 0 Å². The molecule has 2 N–H and O–H groups in total. The van der Waals surface area contributed by atoms with Gasteiger partial charge in [0, 0.05) is 37.3 Å². The van der Waals surface area contributed by atoms with Gasteiger partial charge in [0.2, 0.25) is 0 Å². The smallest absolute Gasteiger partial charge is 0.0277 e. The van der Waals surface area contributed by atoms with Crippen molar-refractivity contribution in [3.8, 4) is 0 Å². The van der Waals surface area contributed by atoms with E-state index in [1.807, 2.05) is 0 Å². The van der Waals surface area contributed by atoms with Gasteiger partial charge in [-0.1, -0.05) is 19.8 Å². The molecule has 1 heterocycles. The fourth-order valence-corrected chi connectivity index (χ4v) is 3.91. The SMILES string of the molecule is CCCC1CCC(N)C(N2CCN(C)C(C)(C)C2)C1. The highest BCUT2D eigenvalue weighted by Crippen LogP contribution is 2.32. The minimum atomic E-state index is 0.287. The number of hydrogen-bond donors (Lipinski definition) is 1. The van der Waals surface area contributed by atoms with Crippen molar-refractivity contribution in [2.24, 2.45) is 11.7 Å². The normalized spacial score (nSPS) is 37.4. The van der Waals surface area contributed by atoms with Crippen LogP contribution in [0.1, 0.15) is 52.9 Å². The molecule has 0 bridgehead atoms. The third kappa shape index (κ3) is 3.50. The van der Waals surface area contributed by atoms with Crippen LogP contribution in [0.25, 0.3) is 0 Å². The summed E-state index contributed by atoms with van der Waals surface area (Å²) in [4.78, 5) is 5.17. The lowest BCUT2D eigenvalue weighted by atomic mass is 9.79. The van der Waals surface area contributed by atoms with Gasteiger partial charge in [0.1, 0.15) is 0 Å². The van der Waals surface area contributed by atoms with E-state index < -0.39 is 0 Å². The van der Waals surface area contributed by atoms with E-state index in [1.165, 1.54) is 51.7 Å². The molecule has 0 aromatic heterocycles. The third-order valence-electron chi connectivity index (χ3n) is 5.49. The molecule has 3 unspecified atom stereocenters. The number of piperazine rings is 1. The van der Waals surface area contributed by atoms with E-state index in [1.54, 1.807) is 0 Å². The second-order valence-corrected chi connectivity index (χ2v) is 7.40. The second-order valence-electron chi connectivity index (χ2n) is 7.40. The van der Waals surface area contributed by atoms with Gasteiger partial charge in [-0.15, -0.1) is 0 Å². The van der Waals surface area contributed by atoms with Gasteiger partial charge < -0.3 is 5.73 Å². The number of nitrogens with zero attached hydrogens (tertiary/aromatic N) is 2. The first-order chi connectivity index (χ1) is 8.94. The zero-order valence-corrected chi connectivity index (χ0v) is 13.4. The van der Waals surface area contributed by atoms with Gasteiger partial charge in [-0.25, -0.2) is 0 Å². The Morgan fingerprint density at radius 3 is 2.58 bits per heavy atom. The summed E-state index contributed by atoms with van der Waals surface area (Å²) >= 11 is 0. The predicted molar refractivity (Wildman–Crippen MR) is 82.3 cm³/mol. The van der Waals surface area contributed by atoms with Crippen molar-refractivity contribution in [3.05, 3.63) is 0 Å². The summed E-state index contributed by atoms with van der Waals surface area (Å²) in [6.45, 7) is 10.6. The van der Waals surface area contributed by atoms with E-state index in [0.29, 0.717) is 12.1 Å². The van der Waals surface area contributed by atoms with Crippen LogP contribution in [0.2, 0.25) is 0 Å². The zero-order chi connectivity index (χ0) is 14.0. The molecule has 2 aliphatic rings. The third-order valence-corrected chi connectivity index (χ3v) is 5.49. The lowest BCUT2D eigenvalue weighted by Gasteiger charge is -2.50. The van der Waals surface area contributed by atoms with E-state index in [-0.39, 0.29) is 5.54 Å². The van der Waals surface area contributed by atoms with Gasteiger partial charge in [0.15, 0.2) is 0 Å². The van der Waals surface area contributed by atoms with Gasteiger partial charge in [0.25, 0.3) is 0 Å². The molecule has 1 saturated heterocycles. The highest BCUT2D eigenvalue weighted by Gasteiger charge is 2.38. The summed E-state index contributed by atoms with van der Waals surface area (Å²) in [5, 5.41) is 0. The van der Waals surface area contributed by atoms with Crippen molar-refractivity contribution >= 4 is 0 Å². The van der Waals surface area contributed by atoms with Gasteiger partial charge in [-0.3, -0.25) is 9.80 Å². The molecule has 3 heteroatoms. The van der Waals surface area contributed by atoms with Crippen molar-refractivity contribution < 1.29 is 0 Å². The quantitative estimate of drug-likeness (QED) is 0.852. The molecule has 0 aromatic rings. The maximum absolute atomic E-state index is 6.44. The minimum Gasteiger partial charge on any atom is -0.326 e. The largest absolute Gasteiger partial charge is 0.326 e. The molecular weight excluding hydrogens is 234 g/mol. The monoisotopic (exact) mass is 267 g/mol. The summed E-state index contributed by atoms with van der Waals surface area (Å²) in [6.07, 6.45) is 6.61. The molecule has 0 aromatic carbocycles. The Bertz CT molecular complexity index is 290. The Labute approximate surface area is 119 Å². The molecule has 0 spiro atoms. The van der Waals surface area contributed by atoms with Crippen molar-refractivity contribution in [1.29, 1.82) is 0 Å². The van der Waals surface area contributed by atoms with Crippen molar-refractivity contribution in [1.82, 2.24) is 9.80 Å². The van der Waals surface area contributed by atoms with Gasteiger partial charge in [-0.2, -0.15) is 0 Å². The van der Waals surface area contributed by atoms with Gasteiger partial charge in [0.05, 0.1) is 0 Å². The first-order valence-electron chi connectivity index (χ1n) is 8.15. The van der Waals surface area contributed by atoms with Crippen molar-refractivity contribution in [2.75, 3.05) is 26.7 Å². The lowest BCUT2D eigenvalue weighted by Crippen LogP contribution is -2.63. The molecule has 3 atom stereocenters. The Morgan fingerprint density at radius 1 is 1.21 bits per heavy atom. The van der Waals surface area contributed by atoms with Crippen molar-refractivity contribution in [2.45, 2.75) is 70.5 Å². The summed E-state index contributed by atoms with van der Waals surface area (Å²) in [6, 6.07) is 1.02. The van der Waals surface area contributed by atoms with Crippen LogP contribution in [-0.2, 0) is 0 Å². The van der Waals surface area contributed by atoms with E-state index in [9.17, 15) is 0 Å². The number of likely N-dealkylation sites (N-methyl/N-ethyl adjacent to an activating group) is 1. The molecule has 0 amide bonds. The van der Waals surface area contributed by atoms with Gasteiger partial charge >= 0.3 is 0 Å². The van der Waals surface area contributed by atoms with Crippen LogP contribution in [0.15, 0.2) is 0 Å². The summed E-state index contributed by atoms with van der Waals surface area (Å²) in [5.74, 6) is 0.914. The van der Waals surface area contributed by atoms with E-state index >= 15 is 0 Å². The van der Waals surface area contributed by atoms with Crippen LogP contribution in [0.5, 0.6) is 0 Å². The molecule has 2 fully saturated rings. The highest BCUT2D eigenvalue weighted by atomic mass is 15.3. The van der Waals surface area contributed by atoms with Crippen LogP contribution < -0.4 is 5.73 Å². The molecule has 1 aliphatic heterocycles. The standard InChI is InChI=1S/C16H33N3/c1-5-6-13-7-8-14(17)15(11-13)19-10-9-18(4)16(2,3)12-19/h13-15H,5-12,17H2,1-4H3. The molecule has 0 radical (unpaired) electrons. The second kappa shape index (κ2) is 6.11. The molecule has 2 rings (SSSR count). The van der Waals surface area contributed by atoms with Crippen LogP contribution in [0, 0.1) is 5.92 Å². The highest BCUT2D eigenvalue weighted by molar-refractivity contribution is 4.96. The van der Waals surface area contributed by atoms with Crippen molar-refractivity contribution in [3.63, 3.8) is 0 Å². The van der Waals surface area contributed by atoms with Crippen LogP contribution in [-0.4, -0.2) is 54.1 Å². The Kier molecular flexibility index (Phi) is 4.91. The van der Waals surface area contributed by atoms with Gasteiger partial charge in [-0.05, 0) is 46.1 Å². The Balaban J connectivity index is 1.99. The topological polar surface area (TPSA) is 32.5 Å². The number of rotatable bonds is 3. The average Bonchev–Trinajstić information content (AvgIpc) is 2.35. The first kappa shape index (κ1) is 15.3. The maximum atomic E-state index is 6.44. The molecule has 19 heavy (non-hydrogen) atoms. The molecule has 1 aliphatic carbocycles.